The zero-order valence-corrected chi connectivity index (χ0v) is 23.2. The van der Waals surface area contributed by atoms with E-state index in [1.807, 2.05) is 44.2 Å². The van der Waals surface area contributed by atoms with Crippen LogP contribution in [0.25, 0.3) is 0 Å². The maximum atomic E-state index is 12.4. The van der Waals surface area contributed by atoms with Crippen molar-refractivity contribution in [1.82, 2.24) is 0 Å². The number of aliphatic hydroxyl groups excluding tert-OH is 1. The lowest BCUT2D eigenvalue weighted by molar-refractivity contribution is -0.145. The molecule has 8 nitrogen and oxygen atoms in total. The molecule has 4 N–H and O–H groups in total. The second-order valence-corrected chi connectivity index (χ2v) is 8.98. The molecule has 2 amide bonds. The Bertz CT molecular complexity index is 1310. The lowest BCUT2D eigenvalue weighted by Crippen LogP contribution is -2.20. The number of benzene rings is 2. The van der Waals surface area contributed by atoms with Crippen LogP contribution in [0.5, 0.6) is 5.75 Å². The number of anilines is 2. The molecule has 0 saturated carbocycles. The van der Waals surface area contributed by atoms with E-state index >= 15 is 0 Å². The molecule has 40 heavy (non-hydrogen) atoms. The van der Waals surface area contributed by atoms with Gasteiger partial charge in [-0.1, -0.05) is 49.6 Å². The second kappa shape index (κ2) is 16.3. The molecule has 0 heterocycles. The van der Waals surface area contributed by atoms with E-state index in [1.165, 1.54) is 0 Å². The highest BCUT2D eigenvalue weighted by Crippen LogP contribution is 2.20. The van der Waals surface area contributed by atoms with Gasteiger partial charge in [-0.3, -0.25) is 4.79 Å². The number of hydrogen-bond acceptors (Lipinski definition) is 6. The normalized spacial score (nSPS) is 12.4. The fourth-order valence-electron chi connectivity index (χ4n) is 3.43. The summed E-state index contributed by atoms with van der Waals surface area (Å²) < 4.78 is 10.9. The molecular weight excluding hydrogens is 506 g/mol. The van der Waals surface area contributed by atoms with Crippen molar-refractivity contribution in [2.24, 2.45) is 5.92 Å². The molecule has 8 heteroatoms. The number of amides is 2. The van der Waals surface area contributed by atoms with Gasteiger partial charge in [-0.15, -0.1) is 0 Å². The molecule has 1 unspecified atom stereocenters. The van der Waals surface area contributed by atoms with E-state index in [2.05, 4.69) is 23.8 Å². The summed E-state index contributed by atoms with van der Waals surface area (Å²) in [6.45, 7) is 13.3. The molecular formula is C32H37N3O5. The Labute approximate surface area is 235 Å². The van der Waals surface area contributed by atoms with Crippen LogP contribution < -0.4 is 15.4 Å². The lowest BCUT2D eigenvalue weighted by atomic mass is 10.0. The van der Waals surface area contributed by atoms with Gasteiger partial charge < -0.3 is 30.6 Å². The van der Waals surface area contributed by atoms with Gasteiger partial charge >= 0.3 is 12.0 Å². The minimum absolute atomic E-state index is 0.123. The van der Waals surface area contributed by atoms with Crippen LogP contribution in [-0.4, -0.2) is 43.1 Å². The van der Waals surface area contributed by atoms with Gasteiger partial charge in [0.05, 0.1) is 6.61 Å². The largest absolute Gasteiger partial charge is 0.489 e. The van der Waals surface area contributed by atoms with Crippen LogP contribution in [0.15, 0.2) is 103 Å². The molecule has 210 valence electrons. The number of carbonyl (C=O) groups is 2. The maximum absolute atomic E-state index is 12.4. The summed E-state index contributed by atoms with van der Waals surface area (Å²) in [4.78, 5) is 24.5. The maximum Gasteiger partial charge on any atom is 0.323 e. The molecule has 2 aromatic carbocycles. The predicted octanol–water partition coefficient (Wildman–Crippen LogP) is 6.30. The highest BCUT2D eigenvalue weighted by molar-refractivity contribution is 6.00. The van der Waals surface area contributed by atoms with Crippen LogP contribution >= 0.6 is 0 Å². The number of rotatable bonds is 14. The Morgan fingerprint density at radius 3 is 2.50 bits per heavy atom. The summed E-state index contributed by atoms with van der Waals surface area (Å²) in [7, 11) is 0. The highest BCUT2D eigenvalue weighted by Gasteiger charge is 2.15. The number of urea groups is 1. The van der Waals surface area contributed by atoms with Crippen LogP contribution in [0.1, 0.15) is 18.1 Å². The van der Waals surface area contributed by atoms with E-state index < -0.39 is 11.9 Å². The summed E-state index contributed by atoms with van der Waals surface area (Å²) in [6, 6.07) is 12.6. The molecule has 0 saturated heterocycles. The zero-order chi connectivity index (χ0) is 29.5. The number of nitrogens with one attached hydrogen (secondary N) is 3. The zero-order valence-electron chi connectivity index (χ0n) is 23.2. The van der Waals surface area contributed by atoms with Crippen molar-refractivity contribution in [3.05, 3.63) is 114 Å². The van der Waals surface area contributed by atoms with Crippen LogP contribution in [0, 0.1) is 25.2 Å². The molecule has 2 rings (SSSR count). The van der Waals surface area contributed by atoms with E-state index in [9.17, 15) is 9.59 Å². The number of aliphatic hydroxyl groups is 1. The van der Waals surface area contributed by atoms with Crippen molar-refractivity contribution < 1.29 is 24.2 Å². The standard InChI is InChI=1S/C32H37N3O5/c1-6-7-8-26(18-24(4)25(5)19-27(20-33)31(37)39-16-15-36)21-40-29-13-11-28(12-14-29)34-32(38)35-30-17-22(2)9-10-23(30)3/h6-14,17-20,27,33,36H,1,4,15-16,21H2,2-3,5H3,(H2,34,35,38)/b8-7-,25-19+,26-18+,33-20?. The summed E-state index contributed by atoms with van der Waals surface area (Å²) in [5.74, 6) is -0.891. The minimum atomic E-state index is -0.879. The second-order valence-electron chi connectivity index (χ2n) is 8.98. The molecule has 0 aromatic heterocycles. The van der Waals surface area contributed by atoms with E-state index in [1.54, 1.807) is 49.4 Å². The van der Waals surface area contributed by atoms with Crippen LogP contribution in [-0.2, 0) is 9.53 Å². The molecule has 0 bridgehead atoms. The topological polar surface area (TPSA) is 121 Å². The van der Waals surface area contributed by atoms with Gasteiger partial charge in [0.15, 0.2) is 0 Å². The third-order valence-corrected chi connectivity index (χ3v) is 5.69. The predicted molar refractivity (Wildman–Crippen MR) is 161 cm³/mol. The first-order chi connectivity index (χ1) is 19.2. The van der Waals surface area contributed by atoms with Gasteiger partial charge in [-0.2, -0.15) is 0 Å². The van der Waals surface area contributed by atoms with Gasteiger partial charge in [-0.05, 0) is 85.0 Å². The molecule has 0 aliphatic rings. The summed E-state index contributed by atoms with van der Waals surface area (Å²) >= 11 is 0. The number of esters is 1. The number of aryl methyl sites for hydroxylation is 2. The molecule has 2 aromatic rings. The average Bonchev–Trinajstić information content (AvgIpc) is 2.94. The Balaban J connectivity index is 2.03. The minimum Gasteiger partial charge on any atom is -0.489 e. The van der Waals surface area contributed by atoms with Crippen LogP contribution in [0.3, 0.4) is 0 Å². The van der Waals surface area contributed by atoms with Crippen molar-refractivity contribution in [1.29, 1.82) is 5.41 Å². The van der Waals surface area contributed by atoms with E-state index in [4.69, 9.17) is 20.0 Å². The third-order valence-electron chi connectivity index (χ3n) is 5.69. The number of allylic oxidation sites excluding steroid dienone is 5. The van der Waals surface area contributed by atoms with Crippen molar-refractivity contribution in [3.63, 3.8) is 0 Å². The van der Waals surface area contributed by atoms with Crippen LogP contribution in [0.2, 0.25) is 0 Å². The number of ether oxygens (including phenoxy) is 2. The molecule has 0 aliphatic carbocycles. The molecule has 1 atom stereocenters. The molecule has 0 fully saturated rings. The molecule has 0 radical (unpaired) electrons. The lowest BCUT2D eigenvalue weighted by Gasteiger charge is -2.12. The fraction of sp³-hybridized carbons (Fsp3) is 0.219. The first-order valence-corrected chi connectivity index (χ1v) is 12.7. The summed E-state index contributed by atoms with van der Waals surface area (Å²) in [6.07, 6.45) is 9.64. The first kappa shape index (κ1) is 31.5. The van der Waals surface area contributed by atoms with E-state index in [-0.39, 0.29) is 25.9 Å². The third kappa shape index (κ3) is 10.6. The molecule has 0 aliphatic heterocycles. The summed E-state index contributed by atoms with van der Waals surface area (Å²) in [5, 5.41) is 22.0. The highest BCUT2D eigenvalue weighted by atomic mass is 16.5. The van der Waals surface area contributed by atoms with E-state index in [0.717, 1.165) is 28.6 Å². The molecule has 0 spiro atoms. The number of carbonyl (C=O) groups excluding carboxylic acids is 2. The Morgan fingerprint density at radius 1 is 1.12 bits per heavy atom. The fourth-order valence-corrected chi connectivity index (χ4v) is 3.43. The van der Waals surface area contributed by atoms with Crippen molar-refractivity contribution in [3.8, 4) is 5.75 Å². The SMILES string of the molecule is C=C/C=C\C(=C/C(=C)/C(C)=C/C(C=N)C(=O)OCCO)COc1ccc(NC(=O)Nc2cc(C)ccc2C)cc1. The van der Waals surface area contributed by atoms with Gasteiger partial charge in [0.1, 0.15) is 24.9 Å². The summed E-state index contributed by atoms with van der Waals surface area (Å²) in [5.41, 5.74) is 5.51. The average molecular weight is 544 g/mol. The first-order valence-electron chi connectivity index (χ1n) is 12.7. The van der Waals surface area contributed by atoms with Crippen molar-refractivity contribution in [2.75, 3.05) is 30.5 Å². The number of hydrogen-bond donors (Lipinski definition) is 4. The Hall–Kier alpha value is -4.69. The van der Waals surface area contributed by atoms with Gasteiger partial charge in [0, 0.05) is 17.6 Å². The van der Waals surface area contributed by atoms with Crippen molar-refractivity contribution in [2.45, 2.75) is 20.8 Å². The van der Waals surface area contributed by atoms with Gasteiger partial charge in [0.2, 0.25) is 0 Å². The smallest absolute Gasteiger partial charge is 0.323 e. The van der Waals surface area contributed by atoms with Gasteiger partial charge in [0.25, 0.3) is 0 Å². The van der Waals surface area contributed by atoms with E-state index in [0.29, 0.717) is 22.6 Å². The van der Waals surface area contributed by atoms with Crippen molar-refractivity contribution >= 4 is 29.6 Å². The van der Waals surface area contributed by atoms with Crippen LogP contribution in [0.4, 0.5) is 16.2 Å². The quantitative estimate of drug-likeness (QED) is 0.127. The Kier molecular flexibility index (Phi) is 12.9. The Morgan fingerprint density at radius 2 is 1.85 bits per heavy atom. The van der Waals surface area contributed by atoms with Gasteiger partial charge in [-0.25, -0.2) is 4.79 Å². The monoisotopic (exact) mass is 543 g/mol.